The average molecular weight is 309 g/mol. The van der Waals surface area contributed by atoms with Gasteiger partial charge in [0.05, 0.1) is 5.69 Å². The van der Waals surface area contributed by atoms with E-state index in [0.717, 1.165) is 12.2 Å². The fourth-order valence-electron chi connectivity index (χ4n) is 2.47. The number of nitrogens with zero attached hydrogens (tertiary/aromatic N) is 1. The summed E-state index contributed by atoms with van der Waals surface area (Å²) in [7, 11) is 0. The van der Waals surface area contributed by atoms with Crippen LogP contribution in [0.4, 0.5) is 0 Å². The predicted molar refractivity (Wildman–Crippen MR) is 93.5 cm³/mol. The van der Waals surface area contributed by atoms with Crippen LogP contribution in [0.25, 0.3) is 10.9 Å². The van der Waals surface area contributed by atoms with Gasteiger partial charge in [-0.1, -0.05) is 18.2 Å². The van der Waals surface area contributed by atoms with Gasteiger partial charge in [-0.3, -0.25) is 0 Å². The molecule has 0 bridgehead atoms. The first-order chi connectivity index (χ1) is 11.0. The molecule has 0 aliphatic rings. The smallest absolute Gasteiger partial charge is 0.213 e. The molecule has 0 saturated carbocycles. The molecule has 0 aliphatic carbocycles. The number of fused-ring (bicyclic) bond motifs is 1. The first-order valence-electron chi connectivity index (χ1n) is 7.91. The van der Waals surface area contributed by atoms with Gasteiger partial charge in [0.15, 0.2) is 0 Å². The second-order valence-electron chi connectivity index (χ2n) is 6.68. The van der Waals surface area contributed by atoms with Crippen LogP contribution in [0.5, 0.6) is 5.88 Å². The summed E-state index contributed by atoms with van der Waals surface area (Å²) in [4.78, 5) is 7.78. The molecule has 3 rings (SSSR count). The number of hydrogen-bond donors (Lipinski definition) is 2. The summed E-state index contributed by atoms with van der Waals surface area (Å²) in [6.07, 6.45) is 1.96. The lowest BCUT2D eigenvalue weighted by atomic mass is 10.1. The second-order valence-corrected chi connectivity index (χ2v) is 6.68. The molecule has 0 spiro atoms. The number of benzene rings is 1. The zero-order valence-electron chi connectivity index (χ0n) is 13.9. The molecule has 0 atom stereocenters. The van der Waals surface area contributed by atoms with Crippen LogP contribution in [0.1, 0.15) is 32.0 Å². The maximum absolute atomic E-state index is 5.80. The molecule has 3 aromatic rings. The van der Waals surface area contributed by atoms with Gasteiger partial charge in [0.1, 0.15) is 5.60 Å². The van der Waals surface area contributed by atoms with Crippen LogP contribution >= 0.6 is 0 Å². The van der Waals surface area contributed by atoms with Crippen LogP contribution in [0, 0.1) is 0 Å². The van der Waals surface area contributed by atoms with E-state index >= 15 is 0 Å². The lowest BCUT2D eigenvalue weighted by molar-refractivity contribution is 0.124. The minimum atomic E-state index is -0.232. The SMILES string of the molecule is CC(C)(C)Oc1cccc(CNCc2ccc3cc[nH]c3c2)n1. The van der Waals surface area contributed by atoms with E-state index in [-0.39, 0.29) is 5.60 Å². The molecule has 23 heavy (non-hydrogen) atoms. The zero-order chi connectivity index (χ0) is 16.3. The fourth-order valence-corrected chi connectivity index (χ4v) is 2.47. The van der Waals surface area contributed by atoms with E-state index in [1.165, 1.54) is 16.5 Å². The number of aromatic amines is 1. The topological polar surface area (TPSA) is 49.9 Å². The van der Waals surface area contributed by atoms with Crippen molar-refractivity contribution in [3.05, 3.63) is 59.9 Å². The highest BCUT2D eigenvalue weighted by Gasteiger charge is 2.12. The monoisotopic (exact) mass is 309 g/mol. The summed E-state index contributed by atoms with van der Waals surface area (Å²) in [5.74, 6) is 0.671. The van der Waals surface area contributed by atoms with Crippen LogP contribution in [0.3, 0.4) is 0 Å². The summed E-state index contributed by atoms with van der Waals surface area (Å²) < 4.78 is 5.80. The van der Waals surface area contributed by atoms with Crippen molar-refractivity contribution in [2.75, 3.05) is 0 Å². The summed E-state index contributed by atoms with van der Waals surface area (Å²) in [5.41, 5.74) is 3.17. The Bertz CT molecular complexity index is 786. The van der Waals surface area contributed by atoms with E-state index in [1.807, 2.05) is 45.2 Å². The van der Waals surface area contributed by atoms with E-state index in [2.05, 4.69) is 39.6 Å². The molecular formula is C19H23N3O. The Morgan fingerprint density at radius 1 is 1.09 bits per heavy atom. The molecule has 0 aliphatic heterocycles. The van der Waals surface area contributed by atoms with Gasteiger partial charge in [0.25, 0.3) is 0 Å². The molecule has 0 radical (unpaired) electrons. The first kappa shape index (κ1) is 15.6. The van der Waals surface area contributed by atoms with E-state index in [4.69, 9.17) is 4.74 Å². The molecule has 2 heterocycles. The highest BCUT2D eigenvalue weighted by molar-refractivity contribution is 5.79. The number of nitrogens with one attached hydrogen (secondary N) is 2. The molecule has 0 fully saturated rings. The van der Waals surface area contributed by atoms with Gasteiger partial charge in [0, 0.05) is 30.9 Å². The summed E-state index contributed by atoms with van der Waals surface area (Å²) in [5, 5.41) is 4.67. The lowest BCUT2D eigenvalue weighted by Gasteiger charge is -2.20. The zero-order valence-corrected chi connectivity index (χ0v) is 13.9. The van der Waals surface area contributed by atoms with E-state index in [0.29, 0.717) is 12.4 Å². The number of ether oxygens (including phenoxy) is 1. The van der Waals surface area contributed by atoms with Gasteiger partial charge in [-0.2, -0.15) is 0 Å². The Morgan fingerprint density at radius 2 is 1.96 bits per heavy atom. The minimum absolute atomic E-state index is 0.232. The number of H-pyrrole nitrogens is 1. The van der Waals surface area contributed by atoms with Crippen molar-refractivity contribution in [2.24, 2.45) is 0 Å². The highest BCUT2D eigenvalue weighted by Crippen LogP contribution is 2.16. The minimum Gasteiger partial charge on any atom is -0.472 e. The first-order valence-corrected chi connectivity index (χ1v) is 7.91. The van der Waals surface area contributed by atoms with Crippen LogP contribution in [0.2, 0.25) is 0 Å². The van der Waals surface area contributed by atoms with E-state index in [9.17, 15) is 0 Å². The van der Waals surface area contributed by atoms with Crippen LogP contribution in [0.15, 0.2) is 48.7 Å². The Balaban J connectivity index is 1.58. The lowest BCUT2D eigenvalue weighted by Crippen LogP contribution is -2.24. The normalized spacial score (nSPS) is 11.8. The fraction of sp³-hybridized carbons (Fsp3) is 0.316. The van der Waals surface area contributed by atoms with E-state index < -0.39 is 0 Å². The number of pyridine rings is 1. The highest BCUT2D eigenvalue weighted by atomic mass is 16.5. The maximum Gasteiger partial charge on any atom is 0.213 e. The third-order valence-electron chi connectivity index (χ3n) is 3.45. The van der Waals surface area contributed by atoms with Gasteiger partial charge in [-0.25, -0.2) is 4.98 Å². The third-order valence-corrected chi connectivity index (χ3v) is 3.45. The predicted octanol–water partition coefficient (Wildman–Crippen LogP) is 4.03. The quantitative estimate of drug-likeness (QED) is 0.748. The molecule has 4 heteroatoms. The van der Waals surface area contributed by atoms with Crippen LogP contribution in [-0.2, 0) is 13.1 Å². The number of rotatable bonds is 5. The largest absolute Gasteiger partial charge is 0.472 e. The van der Waals surface area contributed by atoms with Gasteiger partial charge in [-0.15, -0.1) is 0 Å². The summed E-state index contributed by atoms with van der Waals surface area (Å²) in [6, 6.07) is 14.4. The molecule has 0 amide bonds. The van der Waals surface area contributed by atoms with Gasteiger partial charge >= 0.3 is 0 Å². The molecular weight excluding hydrogens is 286 g/mol. The number of aromatic nitrogens is 2. The van der Waals surface area contributed by atoms with Crippen molar-refractivity contribution in [2.45, 2.75) is 39.5 Å². The van der Waals surface area contributed by atoms with Crippen molar-refractivity contribution in [3.63, 3.8) is 0 Å². The van der Waals surface area contributed by atoms with Crippen molar-refractivity contribution in [3.8, 4) is 5.88 Å². The van der Waals surface area contributed by atoms with Gasteiger partial charge < -0.3 is 15.0 Å². The molecule has 1 aromatic carbocycles. The van der Waals surface area contributed by atoms with Crippen molar-refractivity contribution >= 4 is 10.9 Å². The molecule has 0 saturated heterocycles. The molecule has 2 N–H and O–H groups in total. The van der Waals surface area contributed by atoms with Crippen molar-refractivity contribution < 1.29 is 4.74 Å². The molecule has 120 valence electrons. The van der Waals surface area contributed by atoms with E-state index in [1.54, 1.807) is 0 Å². The Morgan fingerprint density at radius 3 is 2.78 bits per heavy atom. The van der Waals surface area contributed by atoms with Gasteiger partial charge in [-0.05, 0) is 49.9 Å². The van der Waals surface area contributed by atoms with Crippen LogP contribution < -0.4 is 10.1 Å². The summed E-state index contributed by atoms with van der Waals surface area (Å²) >= 11 is 0. The molecule has 2 aromatic heterocycles. The Kier molecular flexibility index (Phi) is 4.35. The van der Waals surface area contributed by atoms with Crippen LogP contribution in [-0.4, -0.2) is 15.6 Å². The Hall–Kier alpha value is -2.33. The second kappa shape index (κ2) is 6.42. The molecule has 4 nitrogen and oxygen atoms in total. The van der Waals surface area contributed by atoms with Gasteiger partial charge in [0.2, 0.25) is 5.88 Å². The van der Waals surface area contributed by atoms with Crippen molar-refractivity contribution in [1.29, 1.82) is 0 Å². The molecule has 0 unspecified atom stereocenters. The standard InChI is InChI=1S/C19H23N3O/c1-19(2,3)23-18-6-4-5-16(22-18)13-20-12-14-7-8-15-9-10-21-17(15)11-14/h4-11,20-21H,12-13H2,1-3H3. The maximum atomic E-state index is 5.80. The number of hydrogen-bond acceptors (Lipinski definition) is 3. The summed E-state index contributed by atoms with van der Waals surface area (Å²) in [6.45, 7) is 7.59. The Labute approximate surface area is 136 Å². The average Bonchev–Trinajstić information content (AvgIpc) is 2.93. The van der Waals surface area contributed by atoms with Crippen molar-refractivity contribution in [1.82, 2.24) is 15.3 Å². The third kappa shape index (κ3) is 4.33.